The molecule has 0 heterocycles. The van der Waals surface area contributed by atoms with E-state index in [1.807, 2.05) is 19.1 Å². The van der Waals surface area contributed by atoms with Crippen molar-refractivity contribution in [2.75, 3.05) is 12.4 Å². The van der Waals surface area contributed by atoms with Gasteiger partial charge in [0, 0.05) is 22.4 Å². The molecular weight excluding hydrogens is 382 g/mol. The first-order chi connectivity index (χ1) is 14.5. The highest BCUT2D eigenvalue weighted by Gasteiger charge is 2.09. The van der Waals surface area contributed by atoms with Crippen molar-refractivity contribution in [3.05, 3.63) is 89.0 Å². The highest BCUT2D eigenvalue weighted by atomic mass is 16.5. The number of nitrogens with zero attached hydrogens (tertiary/aromatic N) is 1. The molecule has 0 aliphatic carbocycles. The smallest absolute Gasteiger partial charge is 0.271 e. The third-order valence-corrected chi connectivity index (χ3v) is 4.32. The molecule has 7 heteroatoms. The first kappa shape index (κ1) is 20.6. The average Bonchev–Trinajstić information content (AvgIpc) is 2.75. The minimum absolute atomic E-state index is 0.0705. The molecule has 0 saturated heterocycles. The number of anilines is 1. The number of phenols is 1. The number of hydrogen-bond donors (Lipinski definition) is 3. The Kier molecular flexibility index (Phi) is 6.44. The zero-order valence-corrected chi connectivity index (χ0v) is 16.5. The van der Waals surface area contributed by atoms with Gasteiger partial charge in [0.1, 0.15) is 0 Å². The SMILES string of the molecule is COc1cccc(C=NNC(=O)c2cccc(NC(=O)c3ccc(C)cc3)c2)c1O. The number of rotatable bonds is 6. The Morgan fingerprint density at radius 3 is 2.43 bits per heavy atom. The fourth-order valence-corrected chi connectivity index (χ4v) is 2.68. The molecule has 3 N–H and O–H groups in total. The minimum atomic E-state index is -0.458. The van der Waals surface area contributed by atoms with Gasteiger partial charge < -0.3 is 15.2 Å². The third-order valence-electron chi connectivity index (χ3n) is 4.32. The number of benzene rings is 3. The summed E-state index contributed by atoms with van der Waals surface area (Å²) in [5.41, 5.74) is 5.19. The predicted molar refractivity (Wildman–Crippen MR) is 115 cm³/mol. The van der Waals surface area contributed by atoms with Crippen LogP contribution < -0.4 is 15.5 Å². The maximum absolute atomic E-state index is 12.4. The second-order valence-corrected chi connectivity index (χ2v) is 6.50. The van der Waals surface area contributed by atoms with Gasteiger partial charge in [-0.2, -0.15) is 5.10 Å². The maximum Gasteiger partial charge on any atom is 0.271 e. The van der Waals surface area contributed by atoms with Crippen LogP contribution in [0.2, 0.25) is 0 Å². The fraction of sp³-hybridized carbons (Fsp3) is 0.0870. The lowest BCUT2D eigenvalue weighted by atomic mass is 10.1. The predicted octanol–water partition coefficient (Wildman–Crippen LogP) is 3.73. The van der Waals surface area contributed by atoms with Crippen molar-refractivity contribution in [2.45, 2.75) is 6.92 Å². The van der Waals surface area contributed by atoms with E-state index < -0.39 is 5.91 Å². The Bertz CT molecular complexity index is 1090. The summed E-state index contributed by atoms with van der Waals surface area (Å²) >= 11 is 0. The Morgan fingerprint density at radius 2 is 1.70 bits per heavy atom. The molecular formula is C23H21N3O4. The van der Waals surface area contributed by atoms with E-state index in [1.165, 1.54) is 13.3 Å². The Balaban J connectivity index is 1.66. The van der Waals surface area contributed by atoms with Crippen LogP contribution in [0.1, 0.15) is 31.8 Å². The lowest BCUT2D eigenvalue weighted by molar-refractivity contribution is 0.0953. The van der Waals surface area contributed by atoms with Crippen LogP contribution in [0, 0.1) is 6.92 Å². The second kappa shape index (κ2) is 9.38. The van der Waals surface area contributed by atoms with Crippen LogP contribution >= 0.6 is 0 Å². The highest BCUT2D eigenvalue weighted by Crippen LogP contribution is 2.27. The number of aryl methyl sites for hydroxylation is 1. The largest absolute Gasteiger partial charge is 0.504 e. The summed E-state index contributed by atoms with van der Waals surface area (Å²) < 4.78 is 5.03. The van der Waals surface area contributed by atoms with Crippen LogP contribution in [-0.4, -0.2) is 30.2 Å². The van der Waals surface area contributed by atoms with Crippen molar-refractivity contribution in [2.24, 2.45) is 5.10 Å². The molecule has 0 aliphatic rings. The molecule has 3 rings (SSSR count). The van der Waals surface area contributed by atoms with Gasteiger partial charge in [0.25, 0.3) is 11.8 Å². The monoisotopic (exact) mass is 403 g/mol. The summed E-state index contributed by atoms with van der Waals surface area (Å²) in [6.07, 6.45) is 1.32. The van der Waals surface area contributed by atoms with E-state index in [-0.39, 0.29) is 11.7 Å². The van der Waals surface area contributed by atoms with Crippen molar-refractivity contribution in [3.8, 4) is 11.5 Å². The Morgan fingerprint density at radius 1 is 0.967 bits per heavy atom. The van der Waals surface area contributed by atoms with Crippen LogP contribution in [0.25, 0.3) is 0 Å². The molecule has 7 nitrogen and oxygen atoms in total. The van der Waals surface area contributed by atoms with Crippen molar-refractivity contribution in [1.82, 2.24) is 5.43 Å². The molecule has 0 atom stereocenters. The average molecular weight is 403 g/mol. The summed E-state index contributed by atoms with van der Waals surface area (Å²) in [5.74, 6) is -0.486. The van der Waals surface area contributed by atoms with Gasteiger partial charge in [-0.3, -0.25) is 9.59 Å². The summed E-state index contributed by atoms with van der Waals surface area (Å²) in [6.45, 7) is 1.95. The maximum atomic E-state index is 12.4. The molecule has 0 unspecified atom stereocenters. The van der Waals surface area contributed by atoms with E-state index in [4.69, 9.17) is 4.74 Å². The van der Waals surface area contributed by atoms with Crippen LogP contribution in [-0.2, 0) is 0 Å². The third kappa shape index (κ3) is 5.02. The van der Waals surface area contributed by atoms with Gasteiger partial charge in [-0.15, -0.1) is 0 Å². The van der Waals surface area contributed by atoms with Gasteiger partial charge in [-0.05, 0) is 49.4 Å². The van der Waals surface area contributed by atoms with E-state index in [0.717, 1.165) is 5.56 Å². The van der Waals surface area contributed by atoms with Crippen LogP contribution in [0.5, 0.6) is 11.5 Å². The Hall–Kier alpha value is -4.13. The van der Waals surface area contributed by atoms with Gasteiger partial charge in [-0.25, -0.2) is 5.43 Å². The van der Waals surface area contributed by atoms with Crippen molar-refractivity contribution in [3.63, 3.8) is 0 Å². The number of phenolic OH excluding ortho intramolecular Hbond substituents is 1. The number of methoxy groups -OCH3 is 1. The molecule has 0 spiro atoms. The molecule has 3 aromatic rings. The molecule has 0 fully saturated rings. The molecule has 0 aromatic heterocycles. The molecule has 3 aromatic carbocycles. The number of amides is 2. The number of hydrogen-bond acceptors (Lipinski definition) is 5. The summed E-state index contributed by atoms with van der Waals surface area (Å²) in [4.78, 5) is 24.7. The number of aromatic hydroxyl groups is 1. The molecule has 0 saturated carbocycles. The van der Waals surface area contributed by atoms with Crippen LogP contribution in [0.15, 0.2) is 71.8 Å². The minimum Gasteiger partial charge on any atom is -0.504 e. The number of ether oxygens (including phenoxy) is 1. The van der Waals surface area contributed by atoms with E-state index in [1.54, 1.807) is 54.6 Å². The van der Waals surface area contributed by atoms with Crippen molar-refractivity contribution < 1.29 is 19.4 Å². The fourth-order valence-electron chi connectivity index (χ4n) is 2.68. The number of nitrogens with one attached hydrogen (secondary N) is 2. The lowest BCUT2D eigenvalue weighted by Gasteiger charge is -2.07. The topological polar surface area (TPSA) is 100 Å². The zero-order chi connectivity index (χ0) is 21.5. The van der Waals surface area contributed by atoms with Gasteiger partial charge in [0.15, 0.2) is 11.5 Å². The standard InChI is InChI=1S/C23H21N3O4/c1-15-9-11-16(12-10-15)22(28)25-19-7-3-5-17(13-19)23(29)26-24-14-18-6-4-8-20(30-2)21(18)27/h3-14,27H,1-2H3,(H,25,28)(H,26,29). The number of para-hydroxylation sites is 1. The molecule has 0 radical (unpaired) electrons. The molecule has 0 aliphatic heterocycles. The number of hydrazone groups is 1. The van der Waals surface area contributed by atoms with Gasteiger partial charge in [0.05, 0.1) is 13.3 Å². The molecule has 0 bridgehead atoms. The summed E-state index contributed by atoms with van der Waals surface area (Å²) in [5, 5.41) is 16.7. The molecule has 30 heavy (non-hydrogen) atoms. The van der Waals surface area contributed by atoms with Crippen molar-refractivity contribution >= 4 is 23.7 Å². The lowest BCUT2D eigenvalue weighted by Crippen LogP contribution is -2.18. The highest BCUT2D eigenvalue weighted by molar-refractivity contribution is 6.05. The van der Waals surface area contributed by atoms with Crippen LogP contribution in [0.4, 0.5) is 5.69 Å². The molecule has 2 amide bonds. The normalized spacial score (nSPS) is 10.6. The van der Waals surface area contributed by atoms with Gasteiger partial charge in [-0.1, -0.05) is 29.8 Å². The number of carbonyl (C=O) groups is 2. The van der Waals surface area contributed by atoms with E-state index in [0.29, 0.717) is 28.1 Å². The van der Waals surface area contributed by atoms with Gasteiger partial charge >= 0.3 is 0 Å². The summed E-state index contributed by atoms with van der Waals surface area (Å²) in [6, 6.07) is 18.7. The van der Waals surface area contributed by atoms with Crippen LogP contribution in [0.3, 0.4) is 0 Å². The zero-order valence-electron chi connectivity index (χ0n) is 16.5. The van der Waals surface area contributed by atoms with E-state index in [9.17, 15) is 14.7 Å². The quantitative estimate of drug-likeness (QED) is 0.431. The van der Waals surface area contributed by atoms with Gasteiger partial charge in [0.2, 0.25) is 0 Å². The first-order valence-electron chi connectivity index (χ1n) is 9.15. The molecule has 152 valence electrons. The summed E-state index contributed by atoms with van der Waals surface area (Å²) in [7, 11) is 1.45. The van der Waals surface area contributed by atoms with Crippen molar-refractivity contribution in [1.29, 1.82) is 0 Å². The number of carbonyl (C=O) groups excluding carboxylic acids is 2. The first-order valence-corrected chi connectivity index (χ1v) is 9.15. The van der Waals surface area contributed by atoms with E-state index >= 15 is 0 Å². The Labute approximate surface area is 174 Å². The van der Waals surface area contributed by atoms with E-state index in [2.05, 4.69) is 15.8 Å². The second-order valence-electron chi connectivity index (χ2n) is 6.50.